The van der Waals surface area contributed by atoms with Crippen LogP contribution in [0, 0.1) is 6.92 Å². The molecule has 0 fully saturated rings. The first-order valence-corrected chi connectivity index (χ1v) is 10.2. The van der Waals surface area contributed by atoms with Crippen molar-refractivity contribution in [1.82, 2.24) is 19.7 Å². The Morgan fingerprint density at radius 1 is 1.16 bits per heavy atom. The number of rotatable bonds is 5. The van der Waals surface area contributed by atoms with Crippen molar-refractivity contribution in [2.75, 3.05) is 14.2 Å². The molecular weight excluding hydrogens is 412 g/mol. The Hall–Kier alpha value is -3.38. The second-order valence-electron chi connectivity index (χ2n) is 7.45. The number of carbonyl (C=O) groups is 1. The van der Waals surface area contributed by atoms with E-state index in [9.17, 15) is 4.79 Å². The Morgan fingerprint density at radius 3 is 2.61 bits per heavy atom. The van der Waals surface area contributed by atoms with Gasteiger partial charge in [-0.15, -0.1) is 0 Å². The van der Waals surface area contributed by atoms with Gasteiger partial charge in [-0.1, -0.05) is 41.9 Å². The lowest BCUT2D eigenvalue weighted by atomic mass is 10.0. The Bertz CT molecular complexity index is 1270. The van der Waals surface area contributed by atoms with Crippen molar-refractivity contribution < 1.29 is 9.53 Å². The predicted octanol–water partition coefficient (Wildman–Crippen LogP) is 4.88. The van der Waals surface area contributed by atoms with Gasteiger partial charge in [-0.25, -0.2) is 4.98 Å². The zero-order valence-electron chi connectivity index (χ0n) is 17.9. The molecule has 0 aliphatic carbocycles. The van der Waals surface area contributed by atoms with Crippen molar-refractivity contribution in [1.29, 1.82) is 0 Å². The van der Waals surface area contributed by atoms with E-state index in [0.29, 0.717) is 28.5 Å². The molecule has 0 saturated heterocycles. The second kappa shape index (κ2) is 8.40. The molecule has 1 amide bonds. The van der Waals surface area contributed by atoms with Gasteiger partial charge in [-0.3, -0.25) is 9.48 Å². The first-order valence-electron chi connectivity index (χ1n) is 9.86. The lowest BCUT2D eigenvalue weighted by molar-refractivity contribution is 0.0786. The van der Waals surface area contributed by atoms with E-state index in [1.165, 1.54) is 0 Å². The molecule has 7 heteroatoms. The molecule has 0 unspecified atom stereocenters. The molecule has 2 aromatic carbocycles. The first-order chi connectivity index (χ1) is 14.9. The molecule has 0 N–H and O–H groups in total. The summed E-state index contributed by atoms with van der Waals surface area (Å²) in [4.78, 5) is 20.0. The largest absolute Gasteiger partial charge is 0.496 e. The fourth-order valence-electron chi connectivity index (χ4n) is 3.77. The Labute approximate surface area is 186 Å². The highest BCUT2D eigenvalue weighted by atomic mass is 35.5. The maximum atomic E-state index is 13.6. The highest BCUT2D eigenvalue weighted by Crippen LogP contribution is 2.29. The average Bonchev–Trinajstić information content (AvgIpc) is 3.07. The molecule has 2 heterocycles. The minimum atomic E-state index is -0.122. The Kier molecular flexibility index (Phi) is 5.65. The maximum absolute atomic E-state index is 13.6. The van der Waals surface area contributed by atoms with E-state index >= 15 is 0 Å². The lowest BCUT2D eigenvalue weighted by Gasteiger charge is -2.20. The van der Waals surface area contributed by atoms with Crippen LogP contribution in [-0.2, 0) is 13.6 Å². The summed E-state index contributed by atoms with van der Waals surface area (Å²) in [6.45, 7) is 2.25. The number of amides is 1. The number of hydrogen-bond donors (Lipinski definition) is 0. The standard InChI is InChI=1S/C24H23ClN4O2/c1-15-22-19(24(30)28(2)14-17-12-18(25)10-11-21(17)31-4)13-20(16-8-6-5-7-9-16)26-23(22)29(3)27-15/h5-13H,14H2,1-4H3. The molecule has 0 radical (unpaired) electrons. The van der Waals surface area contributed by atoms with Crippen LogP contribution < -0.4 is 4.74 Å². The van der Waals surface area contributed by atoms with Crippen LogP contribution in [0.3, 0.4) is 0 Å². The molecule has 0 aliphatic heterocycles. The smallest absolute Gasteiger partial charge is 0.254 e. The molecule has 4 aromatic rings. The molecule has 2 aromatic heterocycles. The van der Waals surface area contributed by atoms with E-state index in [4.69, 9.17) is 21.3 Å². The number of nitrogens with zero attached hydrogens (tertiary/aromatic N) is 4. The summed E-state index contributed by atoms with van der Waals surface area (Å²) < 4.78 is 7.15. The molecule has 31 heavy (non-hydrogen) atoms. The van der Waals surface area contributed by atoms with Gasteiger partial charge < -0.3 is 9.64 Å². The number of methoxy groups -OCH3 is 1. The van der Waals surface area contributed by atoms with E-state index in [2.05, 4.69) is 5.10 Å². The van der Waals surface area contributed by atoms with Crippen molar-refractivity contribution in [3.63, 3.8) is 0 Å². The number of hydrogen-bond acceptors (Lipinski definition) is 4. The molecular formula is C24H23ClN4O2. The van der Waals surface area contributed by atoms with Crippen LogP contribution in [0.4, 0.5) is 0 Å². The number of fused-ring (bicyclic) bond motifs is 1. The lowest BCUT2D eigenvalue weighted by Crippen LogP contribution is -2.27. The monoisotopic (exact) mass is 434 g/mol. The third kappa shape index (κ3) is 3.99. The van der Waals surface area contributed by atoms with Gasteiger partial charge >= 0.3 is 0 Å². The van der Waals surface area contributed by atoms with Gasteiger partial charge in [0.15, 0.2) is 5.65 Å². The molecule has 6 nitrogen and oxygen atoms in total. The average molecular weight is 435 g/mol. The molecule has 158 valence electrons. The summed E-state index contributed by atoms with van der Waals surface area (Å²) in [7, 11) is 5.21. The number of aromatic nitrogens is 3. The summed E-state index contributed by atoms with van der Waals surface area (Å²) in [5.74, 6) is 0.564. The molecule has 0 atom stereocenters. The minimum absolute atomic E-state index is 0.122. The molecule has 0 spiro atoms. The Morgan fingerprint density at radius 2 is 1.90 bits per heavy atom. The van der Waals surface area contributed by atoms with Crippen LogP contribution in [0.1, 0.15) is 21.6 Å². The topological polar surface area (TPSA) is 60.2 Å². The summed E-state index contributed by atoms with van der Waals surface area (Å²) in [5.41, 5.74) is 4.52. The van der Waals surface area contributed by atoms with Crippen molar-refractivity contribution in [3.05, 3.63) is 76.4 Å². The van der Waals surface area contributed by atoms with Crippen LogP contribution in [0.25, 0.3) is 22.3 Å². The summed E-state index contributed by atoms with van der Waals surface area (Å²) >= 11 is 6.17. The fraction of sp³-hybridized carbons (Fsp3) is 0.208. The highest BCUT2D eigenvalue weighted by molar-refractivity contribution is 6.30. The van der Waals surface area contributed by atoms with Crippen LogP contribution in [-0.4, -0.2) is 39.7 Å². The second-order valence-corrected chi connectivity index (χ2v) is 7.88. The third-order valence-electron chi connectivity index (χ3n) is 5.27. The van der Waals surface area contributed by atoms with Crippen LogP contribution >= 0.6 is 11.6 Å². The molecule has 0 bridgehead atoms. The number of benzene rings is 2. The van der Waals surface area contributed by atoms with Gasteiger partial charge in [0, 0.05) is 36.8 Å². The van der Waals surface area contributed by atoms with Gasteiger partial charge in [0.25, 0.3) is 5.91 Å². The van der Waals surface area contributed by atoms with Gasteiger partial charge in [0.1, 0.15) is 5.75 Å². The Balaban J connectivity index is 1.79. The van der Waals surface area contributed by atoms with Crippen molar-refractivity contribution in [3.8, 4) is 17.0 Å². The zero-order valence-corrected chi connectivity index (χ0v) is 18.6. The minimum Gasteiger partial charge on any atom is -0.496 e. The normalized spacial score (nSPS) is 11.0. The van der Waals surface area contributed by atoms with Crippen molar-refractivity contribution in [2.24, 2.45) is 7.05 Å². The summed E-state index contributed by atoms with van der Waals surface area (Å²) in [6, 6.07) is 17.1. The van der Waals surface area contributed by atoms with E-state index < -0.39 is 0 Å². The van der Waals surface area contributed by atoms with Crippen LogP contribution in [0.15, 0.2) is 54.6 Å². The predicted molar refractivity (Wildman–Crippen MR) is 122 cm³/mol. The first kappa shape index (κ1) is 20.9. The highest BCUT2D eigenvalue weighted by Gasteiger charge is 2.22. The number of pyridine rings is 1. The van der Waals surface area contributed by atoms with E-state index in [1.54, 1.807) is 35.9 Å². The molecule has 0 aliphatic rings. The zero-order chi connectivity index (χ0) is 22.1. The number of carbonyl (C=O) groups excluding carboxylic acids is 1. The van der Waals surface area contributed by atoms with Crippen molar-refractivity contribution in [2.45, 2.75) is 13.5 Å². The molecule has 4 rings (SSSR count). The van der Waals surface area contributed by atoms with E-state index in [0.717, 1.165) is 27.9 Å². The fourth-order valence-corrected chi connectivity index (χ4v) is 3.97. The van der Waals surface area contributed by atoms with Crippen LogP contribution in [0.5, 0.6) is 5.75 Å². The van der Waals surface area contributed by atoms with Crippen molar-refractivity contribution >= 4 is 28.5 Å². The van der Waals surface area contributed by atoms with E-state index in [-0.39, 0.29) is 5.91 Å². The van der Waals surface area contributed by atoms with E-state index in [1.807, 2.05) is 56.4 Å². The van der Waals surface area contributed by atoms with Gasteiger partial charge in [0.2, 0.25) is 0 Å². The summed E-state index contributed by atoms with van der Waals surface area (Å²) in [5, 5.41) is 5.85. The quantitative estimate of drug-likeness (QED) is 0.449. The molecule has 0 saturated carbocycles. The number of halogens is 1. The summed E-state index contributed by atoms with van der Waals surface area (Å²) in [6.07, 6.45) is 0. The number of aryl methyl sites for hydroxylation is 2. The van der Waals surface area contributed by atoms with Crippen LogP contribution in [0.2, 0.25) is 5.02 Å². The third-order valence-corrected chi connectivity index (χ3v) is 5.50. The number of ether oxygens (including phenoxy) is 1. The maximum Gasteiger partial charge on any atom is 0.254 e. The SMILES string of the molecule is COc1ccc(Cl)cc1CN(C)C(=O)c1cc(-c2ccccc2)nc2c1c(C)nn2C. The van der Waals surface area contributed by atoms with Gasteiger partial charge in [0.05, 0.1) is 29.4 Å². The van der Waals surface area contributed by atoms with Gasteiger partial charge in [-0.05, 0) is 31.2 Å². The van der Waals surface area contributed by atoms with Gasteiger partial charge in [-0.2, -0.15) is 5.10 Å².